The highest BCUT2D eigenvalue weighted by Gasteiger charge is 2.32. The topological polar surface area (TPSA) is 50.4 Å². The molecule has 110 valence electrons. The fraction of sp³-hybridized carbons (Fsp3) is 0.562. The number of rotatable bonds is 2. The van der Waals surface area contributed by atoms with Crippen molar-refractivity contribution in [1.82, 2.24) is 5.32 Å². The number of benzene rings is 1. The first-order chi connectivity index (χ1) is 9.30. The summed E-state index contributed by atoms with van der Waals surface area (Å²) in [5, 5.41) is 6.39. The van der Waals surface area contributed by atoms with Crippen molar-refractivity contribution in [2.45, 2.75) is 51.7 Å². The molecule has 1 amide bonds. The van der Waals surface area contributed by atoms with Crippen molar-refractivity contribution in [3.05, 3.63) is 29.8 Å². The van der Waals surface area contributed by atoms with Crippen LogP contribution in [0.15, 0.2) is 24.3 Å². The fourth-order valence-electron chi connectivity index (χ4n) is 2.61. The summed E-state index contributed by atoms with van der Waals surface area (Å²) in [5.41, 5.74) is 1.36. The van der Waals surface area contributed by atoms with Crippen LogP contribution >= 0.6 is 0 Å². The largest absolute Gasteiger partial charge is 0.444 e. The second-order valence-electron chi connectivity index (χ2n) is 6.53. The van der Waals surface area contributed by atoms with Gasteiger partial charge >= 0.3 is 6.09 Å². The first-order valence-corrected chi connectivity index (χ1v) is 7.15. The third-order valence-electron chi connectivity index (χ3n) is 3.53. The Hall–Kier alpha value is -1.55. The number of anilines is 1. The Morgan fingerprint density at radius 1 is 1.35 bits per heavy atom. The molecule has 4 nitrogen and oxygen atoms in total. The number of para-hydroxylation sites is 1. The lowest BCUT2D eigenvalue weighted by Crippen LogP contribution is -2.35. The van der Waals surface area contributed by atoms with Crippen molar-refractivity contribution in [3.63, 3.8) is 0 Å². The van der Waals surface area contributed by atoms with Crippen LogP contribution in [-0.4, -0.2) is 18.2 Å². The van der Waals surface area contributed by atoms with Gasteiger partial charge in [-0.25, -0.2) is 4.79 Å². The van der Waals surface area contributed by atoms with Gasteiger partial charge in [0, 0.05) is 11.2 Å². The summed E-state index contributed by atoms with van der Waals surface area (Å²) in [6, 6.07) is 7.91. The van der Waals surface area contributed by atoms with Gasteiger partial charge in [0.1, 0.15) is 5.60 Å². The average Bonchev–Trinajstić information content (AvgIpc) is 2.75. The molecule has 1 aliphatic heterocycles. The summed E-state index contributed by atoms with van der Waals surface area (Å²) < 4.78 is 5.32. The second-order valence-corrected chi connectivity index (χ2v) is 6.53. The Balaban J connectivity index is 2.18. The van der Waals surface area contributed by atoms with Gasteiger partial charge in [-0.15, -0.1) is 0 Å². The first kappa shape index (κ1) is 14.9. The summed E-state index contributed by atoms with van der Waals surface area (Å²) >= 11 is 0. The van der Waals surface area contributed by atoms with Crippen LogP contribution in [0, 0.1) is 0 Å². The van der Waals surface area contributed by atoms with Crippen molar-refractivity contribution >= 4 is 11.8 Å². The second kappa shape index (κ2) is 5.44. The van der Waals surface area contributed by atoms with Crippen LogP contribution in [0.3, 0.4) is 0 Å². The molecule has 1 heterocycles. The molecule has 1 unspecified atom stereocenters. The number of carbonyl (C=O) groups is 1. The highest BCUT2D eigenvalue weighted by atomic mass is 16.6. The Labute approximate surface area is 120 Å². The van der Waals surface area contributed by atoms with E-state index in [1.165, 1.54) is 0 Å². The van der Waals surface area contributed by atoms with Crippen molar-refractivity contribution in [2.24, 2.45) is 0 Å². The molecule has 0 saturated carbocycles. The lowest BCUT2D eigenvalue weighted by Gasteiger charge is -2.28. The van der Waals surface area contributed by atoms with E-state index >= 15 is 0 Å². The summed E-state index contributed by atoms with van der Waals surface area (Å²) in [6.45, 7) is 8.77. The molecular formula is C16H24N2O2. The van der Waals surface area contributed by atoms with E-state index in [4.69, 9.17) is 4.74 Å². The minimum absolute atomic E-state index is 0.0778. The van der Waals surface area contributed by atoms with Crippen LogP contribution in [0.1, 0.15) is 46.1 Å². The Bertz CT molecular complexity index is 485. The standard InChI is InChI=1S/C16H24N2O2/c1-15(2,3)20-14(19)18-13-9-6-5-8-12(13)16(4)10-7-11-17-16/h5-6,8-9,17H,7,10-11H2,1-4H3,(H,18,19). The minimum atomic E-state index is -0.492. The summed E-state index contributed by atoms with van der Waals surface area (Å²) in [6.07, 6.45) is 1.81. The molecule has 4 heteroatoms. The van der Waals surface area contributed by atoms with E-state index in [1.807, 2.05) is 39.0 Å². The number of hydrogen-bond acceptors (Lipinski definition) is 3. The molecule has 1 atom stereocenters. The van der Waals surface area contributed by atoms with Gasteiger partial charge in [-0.3, -0.25) is 5.32 Å². The molecule has 1 aromatic rings. The van der Waals surface area contributed by atoms with Crippen LogP contribution in [0.2, 0.25) is 0 Å². The van der Waals surface area contributed by atoms with Gasteiger partial charge in [0.2, 0.25) is 0 Å². The predicted molar refractivity (Wildman–Crippen MR) is 80.9 cm³/mol. The van der Waals surface area contributed by atoms with Crippen LogP contribution in [-0.2, 0) is 10.3 Å². The summed E-state index contributed by atoms with van der Waals surface area (Å²) in [7, 11) is 0. The van der Waals surface area contributed by atoms with Gasteiger partial charge < -0.3 is 10.1 Å². The van der Waals surface area contributed by atoms with E-state index in [0.717, 1.165) is 30.6 Å². The maximum atomic E-state index is 11.9. The molecule has 1 aromatic carbocycles. The smallest absolute Gasteiger partial charge is 0.412 e. The number of hydrogen-bond donors (Lipinski definition) is 2. The number of amides is 1. The summed E-state index contributed by atoms with van der Waals surface area (Å²) in [4.78, 5) is 11.9. The minimum Gasteiger partial charge on any atom is -0.444 e. The Morgan fingerprint density at radius 3 is 2.65 bits per heavy atom. The number of ether oxygens (including phenoxy) is 1. The van der Waals surface area contributed by atoms with Gasteiger partial charge in [0.25, 0.3) is 0 Å². The normalized spacial score (nSPS) is 22.6. The van der Waals surface area contributed by atoms with Crippen LogP contribution in [0.4, 0.5) is 10.5 Å². The molecular weight excluding hydrogens is 252 g/mol. The summed E-state index contributed by atoms with van der Waals surface area (Å²) in [5.74, 6) is 0. The van der Waals surface area contributed by atoms with E-state index in [2.05, 4.69) is 23.6 Å². The molecule has 1 saturated heterocycles. The number of carbonyl (C=O) groups excluding carboxylic acids is 1. The number of nitrogens with one attached hydrogen (secondary N) is 2. The Morgan fingerprint density at radius 2 is 2.05 bits per heavy atom. The molecule has 1 aliphatic rings. The first-order valence-electron chi connectivity index (χ1n) is 7.15. The zero-order valence-corrected chi connectivity index (χ0v) is 12.7. The van der Waals surface area contributed by atoms with Crippen molar-refractivity contribution in [2.75, 3.05) is 11.9 Å². The maximum absolute atomic E-state index is 11.9. The van der Waals surface area contributed by atoms with E-state index in [9.17, 15) is 4.79 Å². The van der Waals surface area contributed by atoms with Gasteiger partial charge in [0.15, 0.2) is 0 Å². The molecule has 2 rings (SSSR count). The SMILES string of the molecule is CC(C)(C)OC(=O)Nc1ccccc1C1(C)CCCN1. The molecule has 0 aliphatic carbocycles. The van der Waals surface area contributed by atoms with Gasteiger partial charge in [0.05, 0.1) is 0 Å². The van der Waals surface area contributed by atoms with Gasteiger partial charge in [-0.05, 0) is 58.7 Å². The lowest BCUT2D eigenvalue weighted by atomic mass is 9.89. The maximum Gasteiger partial charge on any atom is 0.412 e. The molecule has 0 spiro atoms. The average molecular weight is 276 g/mol. The Kier molecular flexibility index (Phi) is 4.04. The zero-order chi connectivity index (χ0) is 14.8. The quantitative estimate of drug-likeness (QED) is 0.867. The van der Waals surface area contributed by atoms with Crippen LogP contribution < -0.4 is 10.6 Å². The third kappa shape index (κ3) is 3.51. The molecule has 1 fully saturated rings. The van der Waals surface area contributed by atoms with E-state index in [1.54, 1.807) is 0 Å². The van der Waals surface area contributed by atoms with Crippen LogP contribution in [0.5, 0.6) is 0 Å². The lowest BCUT2D eigenvalue weighted by molar-refractivity contribution is 0.0635. The highest BCUT2D eigenvalue weighted by molar-refractivity contribution is 5.86. The monoisotopic (exact) mass is 276 g/mol. The molecule has 0 radical (unpaired) electrons. The third-order valence-corrected chi connectivity index (χ3v) is 3.53. The van der Waals surface area contributed by atoms with Crippen molar-refractivity contribution in [3.8, 4) is 0 Å². The van der Waals surface area contributed by atoms with Crippen molar-refractivity contribution < 1.29 is 9.53 Å². The molecule has 2 N–H and O–H groups in total. The zero-order valence-electron chi connectivity index (χ0n) is 12.7. The van der Waals surface area contributed by atoms with Crippen molar-refractivity contribution in [1.29, 1.82) is 0 Å². The molecule has 0 bridgehead atoms. The van der Waals surface area contributed by atoms with Gasteiger partial charge in [-0.2, -0.15) is 0 Å². The molecule has 20 heavy (non-hydrogen) atoms. The molecule has 0 aromatic heterocycles. The highest BCUT2D eigenvalue weighted by Crippen LogP contribution is 2.35. The predicted octanol–water partition coefficient (Wildman–Crippen LogP) is 3.63. The van der Waals surface area contributed by atoms with Gasteiger partial charge in [-0.1, -0.05) is 18.2 Å². The van der Waals surface area contributed by atoms with Crippen LogP contribution in [0.25, 0.3) is 0 Å². The van der Waals surface area contributed by atoms with E-state index in [0.29, 0.717) is 0 Å². The van der Waals surface area contributed by atoms with E-state index in [-0.39, 0.29) is 5.54 Å². The fourth-order valence-corrected chi connectivity index (χ4v) is 2.61. The van der Waals surface area contributed by atoms with E-state index < -0.39 is 11.7 Å².